The molecule has 4 aromatic heterocycles. The van der Waals surface area contributed by atoms with Gasteiger partial charge in [0.05, 0.1) is 34.4 Å². The van der Waals surface area contributed by atoms with Gasteiger partial charge in [-0.3, -0.25) is 19.2 Å². The second-order valence-corrected chi connectivity index (χ2v) is 9.98. The molecule has 1 aromatic carbocycles. The summed E-state index contributed by atoms with van der Waals surface area (Å²) in [5.41, 5.74) is 5.56. The number of nitriles is 1. The van der Waals surface area contributed by atoms with Crippen molar-refractivity contribution in [3.05, 3.63) is 64.4 Å². The van der Waals surface area contributed by atoms with Crippen LogP contribution in [-0.2, 0) is 20.6 Å². The van der Waals surface area contributed by atoms with E-state index in [1.165, 1.54) is 12.8 Å². The Labute approximate surface area is 218 Å². The molecule has 0 unspecified atom stereocenters. The van der Waals surface area contributed by atoms with Gasteiger partial charge in [-0.2, -0.15) is 15.3 Å². The summed E-state index contributed by atoms with van der Waals surface area (Å²) in [6.07, 6.45) is 6.13. The molecule has 0 radical (unpaired) electrons. The summed E-state index contributed by atoms with van der Waals surface area (Å²) in [5.74, 6) is 1.44. The number of fused-ring (bicyclic) bond motifs is 2. The zero-order chi connectivity index (χ0) is 25.7. The number of nitrogens with zero attached hydrogens (tertiary/aromatic N) is 8. The van der Waals surface area contributed by atoms with Crippen LogP contribution in [0.1, 0.15) is 24.0 Å². The molecule has 1 aliphatic rings. The van der Waals surface area contributed by atoms with Crippen LogP contribution in [0.3, 0.4) is 0 Å². The number of aryl methyl sites for hydroxylation is 1. The highest BCUT2D eigenvalue weighted by molar-refractivity contribution is 6.31. The molecule has 10 heteroatoms. The summed E-state index contributed by atoms with van der Waals surface area (Å²) < 4.78 is 5.88. The first kappa shape index (κ1) is 23.3. The molecule has 6 rings (SSSR count). The normalized spacial score (nSPS) is 14.0. The molecule has 1 fully saturated rings. The molecule has 1 N–H and O–H groups in total. The van der Waals surface area contributed by atoms with Crippen LogP contribution in [0.5, 0.6) is 0 Å². The monoisotopic (exact) mass is 511 g/mol. The molecule has 9 nitrogen and oxygen atoms in total. The molecule has 0 atom stereocenters. The van der Waals surface area contributed by atoms with E-state index in [2.05, 4.69) is 21.4 Å². The summed E-state index contributed by atoms with van der Waals surface area (Å²) in [6, 6.07) is 11.8. The van der Waals surface area contributed by atoms with Crippen molar-refractivity contribution in [2.75, 3.05) is 18.9 Å². The average Bonchev–Trinajstić information content (AvgIpc) is 3.56. The van der Waals surface area contributed by atoms with Crippen molar-refractivity contribution in [2.45, 2.75) is 19.4 Å². The van der Waals surface area contributed by atoms with Gasteiger partial charge in [0.2, 0.25) is 5.95 Å². The Morgan fingerprint density at radius 2 is 2.05 bits per heavy atom. The van der Waals surface area contributed by atoms with Gasteiger partial charge in [-0.1, -0.05) is 11.6 Å². The molecular weight excluding hydrogens is 486 g/mol. The highest BCUT2D eigenvalue weighted by atomic mass is 35.5. The molecule has 37 heavy (non-hydrogen) atoms. The largest absolute Gasteiger partial charge is 0.355 e. The lowest BCUT2D eigenvalue weighted by Gasteiger charge is -2.13. The first-order valence-corrected chi connectivity index (χ1v) is 12.6. The summed E-state index contributed by atoms with van der Waals surface area (Å²) in [4.78, 5) is 14.1. The number of halogens is 1. The van der Waals surface area contributed by atoms with Gasteiger partial charge in [-0.05, 0) is 54.7 Å². The van der Waals surface area contributed by atoms with Crippen LogP contribution in [0.25, 0.3) is 33.3 Å². The topological polar surface area (TPSA) is 102 Å². The maximum absolute atomic E-state index is 9.58. The number of hydrogen-bond donors (Lipinski definition) is 1. The molecule has 0 amide bonds. The molecule has 0 aliphatic heterocycles. The Morgan fingerprint density at radius 1 is 1.22 bits per heavy atom. The van der Waals surface area contributed by atoms with Gasteiger partial charge in [0.15, 0.2) is 5.65 Å². The Morgan fingerprint density at radius 3 is 2.78 bits per heavy atom. The van der Waals surface area contributed by atoms with Gasteiger partial charge in [0, 0.05) is 50.5 Å². The van der Waals surface area contributed by atoms with Crippen molar-refractivity contribution < 1.29 is 0 Å². The lowest BCUT2D eigenvalue weighted by atomic mass is 10.1. The number of hydrogen-bond acceptors (Lipinski definition) is 6. The van der Waals surface area contributed by atoms with Crippen molar-refractivity contribution in [2.24, 2.45) is 25.0 Å². The van der Waals surface area contributed by atoms with Crippen LogP contribution in [0, 0.1) is 17.2 Å². The molecule has 1 aliphatic carbocycles. The van der Waals surface area contributed by atoms with Crippen LogP contribution in [-0.4, -0.2) is 42.5 Å². The first-order chi connectivity index (χ1) is 18.0. The molecule has 186 valence electrons. The highest BCUT2D eigenvalue weighted by Crippen LogP contribution is 2.31. The standard InChI is InChI=1S/C27H26ClN9/c1-30-26-23-24(22-10-17(12-29)14-35(22)2)37(15-18-8-9-31-21-7-6-19(28)11-20(18)21)34-25(23)33-27(36(26)3)32-13-16-4-5-16/h6-11,14,16H,4-5,13,15H2,1-3H3,(H,32,33,34)/b30-26-. The molecule has 1 saturated carbocycles. The zero-order valence-electron chi connectivity index (χ0n) is 20.9. The minimum Gasteiger partial charge on any atom is -0.355 e. The van der Waals surface area contributed by atoms with Crippen LogP contribution in [0.2, 0.25) is 5.02 Å². The quantitative estimate of drug-likeness (QED) is 0.367. The highest BCUT2D eigenvalue weighted by Gasteiger charge is 2.24. The van der Waals surface area contributed by atoms with Crippen LogP contribution in [0.15, 0.2) is 47.7 Å². The van der Waals surface area contributed by atoms with E-state index < -0.39 is 0 Å². The number of nitrogens with one attached hydrogen (secondary N) is 1. The lowest BCUT2D eigenvalue weighted by molar-refractivity contribution is 0.698. The summed E-state index contributed by atoms with van der Waals surface area (Å²) in [6.45, 7) is 1.35. The second kappa shape index (κ2) is 9.05. The van der Waals surface area contributed by atoms with Crippen LogP contribution >= 0.6 is 11.6 Å². The maximum atomic E-state index is 9.58. The van der Waals surface area contributed by atoms with E-state index in [0.717, 1.165) is 51.2 Å². The number of anilines is 1. The maximum Gasteiger partial charge on any atom is 0.206 e. The van der Waals surface area contributed by atoms with Gasteiger partial charge in [-0.25, -0.2) is 0 Å². The van der Waals surface area contributed by atoms with Gasteiger partial charge in [0.1, 0.15) is 11.6 Å². The van der Waals surface area contributed by atoms with Crippen LogP contribution in [0.4, 0.5) is 5.95 Å². The number of benzene rings is 1. The number of aromatic nitrogens is 6. The van der Waals surface area contributed by atoms with Crippen molar-refractivity contribution >= 4 is 39.5 Å². The number of rotatable bonds is 6. The molecule has 0 saturated heterocycles. The second-order valence-electron chi connectivity index (χ2n) is 9.54. The Bertz CT molecular complexity index is 1780. The third-order valence-electron chi connectivity index (χ3n) is 6.95. The van der Waals surface area contributed by atoms with Crippen molar-refractivity contribution in [1.29, 1.82) is 5.26 Å². The predicted molar refractivity (Wildman–Crippen MR) is 144 cm³/mol. The van der Waals surface area contributed by atoms with E-state index in [1.807, 2.05) is 64.4 Å². The fourth-order valence-electron chi connectivity index (χ4n) is 4.86. The first-order valence-electron chi connectivity index (χ1n) is 12.2. The molecular formula is C27H26ClN9. The van der Waals surface area contributed by atoms with Crippen LogP contribution < -0.4 is 10.8 Å². The minimum absolute atomic E-state index is 0.468. The van der Waals surface area contributed by atoms with E-state index in [-0.39, 0.29) is 0 Å². The van der Waals surface area contributed by atoms with Gasteiger partial charge < -0.3 is 9.88 Å². The van der Waals surface area contributed by atoms with E-state index in [1.54, 1.807) is 13.2 Å². The average molecular weight is 512 g/mol. The molecule has 0 bridgehead atoms. The minimum atomic E-state index is 0.468. The smallest absolute Gasteiger partial charge is 0.206 e. The van der Waals surface area contributed by atoms with Gasteiger partial charge >= 0.3 is 0 Å². The lowest BCUT2D eigenvalue weighted by Crippen LogP contribution is -2.24. The molecule has 5 aromatic rings. The summed E-state index contributed by atoms with van der Waals surface area (Å²) in [5, 5.41) is 20.5. The van der Waals surface area contributed by atoms with Crippen molar-refractivity contribution in [1.82, 2.24) is 28.9 Å². The zero-order valence-corrected chi connectivity index (χ0v) is 21.7. The number of pyridine rings is 1. The Balaban J connectivity index is 1.60. The SMILES string of the molecule is C/N=c1/c2c(-c3cc(C#N)cn3C)n(Cc3ccnc4ccc(Cl)cc34)nc2nc(NCC2CC2)n1C. The summed E-state index contributed by atoms with van der Waals surface area (Å²) in [7, 11) is 5.68. The summed E-state index contributed by atoms with van der Waals surface area (Å²) >= 11 is 6.34. The third-order valence-corrected chi connectivity index (χ3v) is 7.19. The van der Waals surface area contributed by atoms with E-state index in [0.29, 0.717) is 28.7 Å². The Kier molecular flexibility index (Phi) is 5.69. The fraction of sp³-hybridized carbons (Fsp3) is 0.296. The predicted octanol–water partition coefficient (Wildman–Crippen LogP) is 4.25. The van der Waals surface area contributed by atoms with E-state index in [4.69, 9.17) is 21.7 Å². The van der Waals surface area contributed by atoms with Gasteiger partial charge in [0.25, 0.3) is 0 Å². The molecule has 0 spiro atoms. The molecule has 4 heterocycles. The van der Waals surface area contributed by atoms with E-state index >= 15 is 0 Å². The third kappa shape index (κ3) is 4.13. The van der Waals surface area contributed by atoms with Crippen molar-refractivity contribution in [3.63, 3.8) is 0 Å². The Hall–Kier alpha value is -4.16. The van der Waals surface area contributed by atoms with E-state index in [9.17, 15) is 5.26 Å². The van der Waals surface area contributed by atoms with Crippen molar-refractivity contribution in [3.8, 4) is 17.5 Å². The fourth-order valence-corrected chi connectivity index (χ4v) is 5.04. The van der Waals surface area contributed by atoms with Gasteiger partial charge in [-0.15, -0.1) is 0 Å².